The normalized spacial score (nSPS) is 11.3. The summed E-state index contributed by atoms with van der Waals surface area (Å²) in [6.07, 6.45) is -5.18. The molecule has 0 aromatic heterocycles. The number of carbonyl (C=O) groups excluding carboxylic acids is 1. The van der Waals surface area contributed by atoms with Crippen LogP contribution in [-0.2, 0) is 4.74 Å². The zero-order chi connectivity index (χ0) is 15.3. The first kappa shape index (κ1) is 16.0. The molecule has 1 rings (SSSR count). The molecular formula is C11H9F5O4. The van der Waals surface area contributed by atoms with Gasteiger partial charge in [0, 0.05) is 0 Å². The molecule has 20 heavy (non-hydrogen) atoms. The molecule has 0 aliphatic carbocycles. The Bertz CT molecular complexity index is 472. The largest absolute Gasteiger partial charge is 0.573 e. The average Bonchev–Trinajstić information content (AvgIpc) is 2.29. The van der Waals surface area contributed by atoms with Crippen LogP contribution in [0.3, 0.4) is 0 Å². The molecule has 112 valence electrons. The maximum atomic E-state index is 12.3. The topological polar surface area (TPSA) is 44.8 Å². The van der Waals surface area contributed by atoms with Crippen LogP contribution in [0.1, 0.15) is 17.3 Å². The highest BCUT2D eigenvalue weighted by Gasteiger charge is 2.35. The third-order valence-electron chi connectivity index (χ3n) is 1.91. The van der Waals surface area contributed by atoms with Gasteiger partial charge in [0.05, 0.1) is 6.61 Å². The van der Waals surface area contributed by atoms with E-state index in [9.17, 15) is 26.7 Å². The minimum Gasteiger partial charge on any atom is -0.462 e. The van der Waals surface area contributed by atoms with E-state index >= 15 is 0 Å². The van der Waals surface area contributed by atoms with Gasteiger partial charge in [0.2, 0.25) is 0 Å². The molecule has 0 saturated carbocycles. The Morgan fingerprint density at radius 1 is 1.30 bits per heavy atom. The number of ether oxygens (including phenoxy) is 3. The number of halogens is 5. The SMILES string of the molecule is CCOC(=O)c1cccc(OC(F)F)c1OC(F)(F)F. The van der Waals surface area contributed by atoms with Gasteiger partial charge in [-0.05, 0) is 19.1 Å². The summed E-state index contributed by atoms with van der Waals surface area (Å²) in [7, 11) is 0. The van der Waals surface area contributed by atoms with Gasteiger partial charge in [0.1, 0.15) is 5.56 Å². The first-order chi connectivity index (χ1) is 9.24. The number of benzene rings is 1. The lowest BCUT2D eigenvalue weighted by Gasteiger charge is -2.16. The zero-order valence-electron chi connectivity index (χ0n) is 10.0. The Morgan fingerprint density at radius 3 is 2.45 bits per heavy atom. The number of hydrogen-bond acceptors (Lipinski definition) is 4. The second kappa shape index (κ2) is 6.40. The molecule has 0 aliphatic heterocycles. The van der Waals surface area contributed by atoms with E-state index in [-0.39, 0.29) is 6.61 Å². The molecule has 0 atom stereocenters. The van der Waals surface area contributed by atoms with Gasteiger partial charge in [-0.2, -0.15) is 8.78 Å². The van der Waals surface area contributed by atoms with Crippen molar-refractivity contribution in [2.45, 2.75) is 19.9 Å². The van der Waals surface area contributed by atoms with E-state index in [0.29, 0.717) is 0 Å². The summed E-state index contributed by atoms with van der Waals surface area (Å²) >= 11 is 0. The van der Waals surface area contributed by atoms with Crippen LogP contribution in [0.15, 0.2) is 18.2 Å². The smallest absolute Gasteiger partial charge is 0.462 e. The van der Waals surface area contributed by atoms with Gasteiger partial charge < -0.3 is 14.2 Å². The summed E-state index contributed by atoms with van der Waals surface area (Å²) in [6.45, 7) is -2.05. The number of para-hydroxylation sites is 1. The van der Waals surface area contributed by atoms with Crippen molar-refractivity contribution < 1.29 is 41.0 Å². The average molecular weight is 300 g/mol. The van der Waals surface area contributed by atoms with E-state index in [0.717, 1.165) is 18.2 Å². The Kier molecular flexibility index (Phi) is 5.12. The molecule has 1 aromatic carbocycles. The van der Waals surface area contributed by atoms with Gasteiger partial charge in [-0.3, -0.25) is 0 Å². The lowest BCUT2D eigenvalue weighted by atomic mass is 10.2. The second-order valence-corrected chi connectivity index (χ2v) is 3.28. The van der Waals surface area contributed by atoms with Gasteiger partial charge in [-0.1, -0.05) is 6.07 Å². The molecule has 0 heterocycles. The summed E-state index contributed by atoms with van der Waals surface area (Å²) in [4.78, 5) is 11.5. The third-order valence-corrected chi connectivity index (χ3v) is 1.91. The fourth-order valence-corrected chi connectivity index (χ4v) is 1.30. The van der Waals surface area contributed by atoms with Gasteiger partial charge in [-0.25, -0.2) is 4.79 Å². The number of alkyl halides is 5. The number of rotatable bonds is 5. The third kappa shape index (κ3) is 4.56. The summed E-state index contributed by atoms with van der Waals surface area (Å²) in [5.74, 6) is -3.23. The Balaban J connectivity index is 3.24. The summed E-state index contributed by atoms with van der Waals surface area (Å²) < 4.78 is 73.1. The number of esters is 1. The zero-order valence-corrected chi connectivity index (χ0v) is 10.0. The van der Waals surface area contributed by atoms with Crippen molar-refractivity contribution in [3.63, 3.8) is 0 Å². The van der Waals surface area contributed by atoms with Crippen molar-refractivity contribution in [2.24, 2.45) is 0 Å². The van der Waals surface area contributed by atoms with Gasteiger partial charge in [0.25, 0.3) is 0 Å². The molecule has 0 radical (unpaired) electrons. The van der Waals surface area contributed by atoms with E-state index in [1.165, 1.54) is 6.92 Å². The Hall–Kier alpha value is -2.06. The highest BCUT2D eigenvalue weighted by molar-refractivity contribution is 5.93. The molecule has 4 nitrogen and oxygen atoms in total. The highest BCUT2D eigenvalue weighted by Crippen LogP contribution is 2.36. The van der Waals surface area contributed by atoms with Crippen molar-refractivity contribution in [3.05, 3.63) is 23.8 Å². The molecule has 9 heteroatoms. The van der Waals surface area contributed by atoms with Crippen LogP contribution >= 0.6 is 0 Å². The van der Waals surface area contributed by atoms with Crippen LogP contribution in [0.25, 0.3) is 0 Å². The maximum Gasteiger partial charge on any atom is 0.573 e. The molecule has 0 bridgehead atoms. The fraction of sp³-hybridized carbons (Fsp3) is 0.364. The van der Waals surface area contributed by atoms with E-state index in [4.69, 9.17) is 0 Å². The number of hydrogen-bond donors (Lipinski definition) is 0. The quantitative estimate of drug-likeness (QED) is 0.618. The van der Waals surface area contributed by atoms with E-state index < -0.39 is 36.0 Å². The molecule has 1 aromatic rings. The van der Waals surface area contributed by atoms with Crippen LogP contribution in [0, 0.1) is 0 Å². The molecule has 0 saturated heterocycles. The highest BCUT2D eigenvalue weighted by atomic mass is 19.4. The standard InChI is InChI=1S/C11H9F5O4/c1-2-18-9(17)6-4-3-5-7(19-10(12)13)8(6)20-11(14,15)16/h3-5,10H,2H2,1H3. The van der Waals surface area contributed by atoms with Gasteiger partial charge >= 0.3 is 18.9 Å². The lowest BCUT2D eigenvalue weighted by Crippen LogP contribution is -2.20. The lowest BCUT2D eigenvalue weighted by molar-refractivity contribution is -0.275. The molecule has 0 N–H and O–H groups in total. The van der Waals surface area contributed by atoms with Crippen molar-refractivity contribution in [3.8, 4) is 11.5 Å². The van der Waals surface area contributed by atoms with E-state index in [2.05, 4.69) is 14.2 Å². The van der Waals surface area contributed by atoms with Crippen LogP contribution in [0.2, 0.25) is 0 Å². The summed E-state index contributed by atoms with van der Waals surface area (Å²) in [5.41, 5.74) is -0.665. The predicted molar refractivity (Wildman–Crippen MR) is 55.7 cm³/mol. The van der Waals surface area contributed by atoms with Gasteiger partial charge in [-0.15, -0.1) is 13.2 Å². The van der Waals surface area contributed by atoms with Crippen molar-refractivity contribution in [2.75, 3.05) is 6.61 Å². The molecule has 0 unspecified atom stereocenters. The van der Waals surface area contributed by atoms with E-state index in [1.54, 1.807) is 0 Å². The van der Waals surface area contributed by atoms with Crippen molar-refractivity contribution >= 4 is 5.97 Å². The van der Waals surface area contributed by atoms with Crippen LogP contribution in [-0.4, -0.2) is 25.6 Å². The van der Waals surface area contributed by atoms with Crippen LogP contribution in [0.5, 0.6) is 11.5 Å². The first-order valence-corrected chi connectivity index (χ1v) is 5.25. The predicted octanol–water partition coefficient (Wildman–Crippen LogP) is 3.36. The minimum atomic E-state index is -5.18. The van der Waals surface area contributed by atoms with Crippen molar-refractivity contribution in [1.29, 1.82) is 0 Å². The minimum absolute atomic E-state index is 0.107. The van der Waals surface area contributed by atoms with Gasteiger partial charge in [0.15, 0.2) is 11.5 Å². The molecule has 0 aliphatic rings. The van der Waals surface area contributed by atoms with E-state index in [1.807, 2.05) is 0 Å². The second-order valence-electron chi connectivity index (χ2n) is 3.28. The molecule has 0 spiro atoms. The number of carbonyl (C=O) groups is 1. The monoisotopic (exact) mass is 300 g/mol. The fourth-order valence-electron chi connectivity index (χ4n) is 1.30. The molecule has 0 fully saturated rings. The Morgan fingerprint density at radius 2 is 1.95 bits per heavy atom. The van der Waals surface area contributed by atoms with Crippen molar-refractivity contribution in [1.82, 2.24) is 0 Å². The first-order valence-electron chi connectivity index (χ1n) is 5.25. The summed E-state index contributed by atoms with van der Waals surface area (Å²) in [6, 6.07) is 2.82. The molecule has 0 amide bonds. The van der Waals surface area contributed by atoms with Crippen LogP contribution in [0.4, 0.5) is 22.0 Å². The summed E-state index contributed by atoms with van der Waals surface area (Å²) in [5, 5.41) is 0. The Labute approximate surface area is 110 Å². The maximum absolute atomic E-state index is 12.3. The van der Waals surface area contributed by atoms with Crippen LogP contribution < -0.4 is 9.47 Å². The molecular weight excluding hydrogens is 291 g/mol.